The third kappa shape index (κ3) is 4.64. The lowest BCUT2D eigenvalue weighted by Crippen LogP contribution is -2.38. The van der Waals surface area contributed by atoms with E-state index in [2.05, 4.69) is 15.2 Å². The highest BCUT2D eigenvalue weighted by Gasteiger charge is 2.26. The summed E-state index contributed by atoms with van der Waals surface area (Å²) in [4.78, 5) is 17.8. The van der Waals surface area contributed by atoms with Crippen molar-refractivity contribution < 1.29 is 27.2 Å². The first kappa shape index (κ1) is 21.7. The van der Waals surface area contributed by atoms with E-state index < -0.39 is 10.1 Å². The number of carbonyl (C=O) groups is 1. The maximum absolute atomic E-state index is 12.5. The van der Waals surface area contributed by atoms with Crippen LogP contribution in [0.4, 0.5) is 5.69 Å². The summed E-state index contributed by atoms with van der Waals surface area (Å²) >= 11 is 0. The zero-order valence-electron chi connectivity index (χ0n) is 17.7. The van der Waals surface area contributed by atoms with Gasteiger partial charge in [0.2, 0.25) is 0 Å². The highest BCUT2D eigenvalue weighted by molar-refractivity contribution is 7.85. The Labute approximate surface area is 190 Å². The lowest BCUT2D eigenvalue weighted by atomic mass is 10.1. The molecule has 10 heteroatoms. The summed E-state index contributed by atoms with van der Waals surface area (Å²) in [7, 11) is -4.38. The van der Waals surface area contributed by atoms with E-state index in [9.17, 15) is 17.8 Å². The number of morpholine rings is 1. The van der Waals surface area contributed by atoms with Crippen molar-refractivity contribution in [1.29, 1.82) is 0 Å². The summed E-state index contributed by atoms with van der Waals surface area (Å²) in [5.74, 6) is 0.416. The Bertz CT molecular complexity index is 1360. The molecule has 2 aliphatic rings. The van der Waals surface area contributed by atoms with Gasteiger partial charge in [0, 0.05) is 47.5 Å². The molecular formula is C23H23N3O6S. The number of H-pyrrole nitrogens is 1. The van der Waals surface area contributed by atoms with Crippen molar-refractivity contribution in [3.8, 4) is 5.75 Å². The largest absolute Gasteiger partial charge is 0.492 e. The van der Waals surface area contributed by atoms with Gasteiger partial charge in [0.25, 0.3) is 16.0 Å². The number of amides is 1. The summed E-state index contributed by atoms with van der Waals surface area (Å²) in [6.45, 7) is 4.77. The van der Waals surface area contributed by atoms with Crippen molar-refractivity contribution >= 4 is 44.3 Å². The second kappa shape index (κ2) is 8.64. The standard InChI is InChI=1S/C23H23N3O6S/c27-23-20(19-14-18(33(28,29)30)2-4-22(19)25-23)13-16-11-15-12-17(1-3-21(15)24-16)32-10-7-26-5-8-31-9-6-26/h1-4,11-14,24H,5-10H2,(H,25,27)(H,28,29,30)/b20-13+. The number of anilines is 1. The SMILES string of the molecule is O=C1Nc2ccc(S(=O)(=O)O)cc2/C1=C\c1cc2cc(OCCN3CCOCC3)ccc2[nH]1. The Morgan fingerprint density at radius 3 is 2.73 bits per heavy atom. The third-order valence-corrected chi connectivity index (χ3v) is 6.61. The van der Waals surface area contributed by atoms with Gasteiger partial charge in [0.15, 0.2) is 0 Å². The predicted octanol–water partition coefficient (Wildman–Crippen LogP) is 2.62. The van der Waals surface area contributed by atoms with E-state index in [1.807, 2.05) is 24.3 Å². The first-order valence-corrected chi connectivity index (χ1v) is 12.0. The van der Waals surface area contributed by atoms with Crippen molar-refractivity contribution in [2.24, 2.45) is 0 Å². The van der Waals surface area contributed by atoms with Crippen LogP contribution in [-0.2, 0) is 19.6 Å². The average Bonchev–Trinajstić information content (AvgIpc) is 3.33. The van der Waals surface area contributed by atoms with Crippen LogP contribution >= 0.6 is 0 Å². The van der Waals surface area contributed by atoms with Gasteiger partial charge < -0.3 is 19.8 Å². The molecule has 1 amide bonds. The topological polar surface area (TPSA) is 121 Å². The molecule has 1 aromatic heterocycles. The first-order chi connectivity index (χ1) is 15.9. The zero-order valence-corrected chi connectivity index (χ0v) is 18.5. The van der Waals surface area contributed by atoms with E-state index in [0.29, 0.717) is 29.1 Å². The second-order valence-electron chi connectivity index (χ2n) is 7.97. The van der Waals surface area contributed by atoms with Crippen LogP contribution in [0.25, 0.3) is 22.6 Å². The molecule has 5 rings (SSSR count). The van der Waals surface area contributed by atoms with E-state index in [1.54, 1.807) is 6.08 Å². The molecule has 3 N–H and O–H groups in total. The third-order valence-electron chi connectivity index (χ3n) is 5.76. The maximum Gasteiger partial charge on any atom is 0.294 e. The highest BCUT2D eigenvalue weighted by Crippen LogP contribution is 2.35. The Hall–Kier alpha value is -3.18. The molecule has 3 aromatic rings. The quantitative estimate of drug-likeness (QED) is 0.375. The molecular weight excluding hydrogens is 446 g/mol. The van der Waals surface area contributed by atoms with Crippen LogP contribution < -0.4 is 10.1 Å². The fraction of sp³-hybridized carbons (Fsp3) is 0.261. The predicted molar refractivity (Wildman–Crippen MR) is 124 cm³/mol. The van der Waals surface area contributed by atoms with E-state index in [4.69, 9.17) is 9.47 Å². The molecule has 0 radical (unpaired) electrons. The molecule has 1 saturated heterocycles. The van der Waals surface area contributed by atoms with Gasteiger partial charge in [-0.25, -0.2) is 0 Å². The molecule has 9 nitrogen and oxygen atoms in total. The van der Waals surface area contributed by atoms with Crippen LogP contribution in [0.15, 0.2) is 47.4 Å². The molecule has 2 aromatic carbocycles. The number of rotatable bonds is 6. The number of nitrogens with zero attached hydrogens (tertiary/aromatic N) is 1. The number of ether oxygens (including phenoxy) is 2. The second-order valence-corrected chi connectivity index (χ2v) is 9.39. The van der Waals surface area contributed by atoms with Gasteiger partial charge >= 0.3 is 0 Å². The Morgan fingerprint density at radius 1 is 1.12 bits per heavy atom. The number of benzene rings is 2. The van der Waals surface area contributed by atoms with Crippen LogP contribution in [0, 0.1) is 0 Å². The van der Waals surface area contributed by atoms with Gasteiger partial charge in [-0.2, -0.15) is 8.42 Å². The summed E-state index contributed by atoms with van der Waals surface area (Å²) in [6.07, 6.45) is 1.66. The zero-order chi connectivity index (χ0) is 23.0. The first-order valence-electron chi connectivity index (χ1n) is 10.6. The number of aromatic nitrogens is 1. The number of nitrogens with one attached hydrogen (secondary N) is 2. The van der Waals surface area contributed by atoms with E-state index in [0.717, 1.165) is 49.5 Å². The van der Waals surface area contributed by atoms with E-state index in [-0.39, 0.29) is 10.8 Å². The fourth-order valence-electron chi connectivity index (χ4n) is 4.04. The van der Waals surface area contributed by atoms with Gasteiger partial charge in [0.05, 0.1) is 23.7 Å². The van der Waals surface area contributed by atoms with Crippen LogP contribution in [-0.4, -0.2) is 68.2 Å². The summed E-state index contributed by atoms with van der Waals surface area (Å²) in [6, 6.07) is 11.6. The lowest BCUT2D eigenvalue weighted by molar-refractivity contribution is -0.110. The molecule has 33 heavy (non-hydrogen) atoms. The molecule has 0 atom stereocenters. The summed E-state index contributed by atoms with van der Waals surface area (Å²) in [5, 5.41) is 3.64. The molecule has 0 bridgehead atoms. The summed E-state index contributed by atoms with van der Waals surface area (Å²) in [5.41, 5.74) is 2.79. The van der Waals surface area contributed by atoms with E-state index >= 15 is 0 Å². The minimum Gasteiger partial charge on any atom is -0.492 e. The number of fused-ring (bicyclic) bond motifs is 2. The van der Waals surface area contributed by atoms with Crippen LogP contribution in [0.1, 0.15) is 11.3 Å². The highest BCUT2D eigenvalue weighted by atomic mass is 32.2. The molecule has 0 spiro atoms. The number of aromatic amines is 1. The Balaban J connectivity index is 1.36. The molecule has 0 unspecified atom stereocenters. The fourth-order valence-corrected chi connectivity index (χ4v) is 4.55. The van der Waals surface area contributed by atoms with Crippen molar-refractivity contribution in [2.45, 2.75) is 4.90 Å². The van der Waals surface area contributed by atoms with Crippen LogP contribution in [0.5, 0.6) is 5.75 Å². The van der Waals surface area contributed by atoms with E-state index in [1.165, 1.54) is 18.2 Å². The Morgan fingerprint density at radius 2 is 1.94 bits per heavy atom. The van der Waals surface area contributed by atoms with Gasteiger partial charge in [-0.3, -0.25) is 14.2 Å². The Kier molecular flexibility index (Phi) is 5.67. The molecule has 1 fully saturated rings. The summed E-state index contributed by atoms with van der Waals surface area (Å²) < 4.78 is 43.6. The molecule has 3 heterocycles. The normalized spacial score (nSPS) is 18.0. The molecule has 0 saturated carbocycles. The van der Waals surface area contributed by atoms with Crippen molar-refractivity contribution in [1.82, 2.24) is 9.88 Å². The van der Waals surface area contributed by atoms with Gasteiger partial charge in [-0.1, -0.05) is 0 Å². The van der Waals surface area contributed by atoms with Gasteiger partial charge in [-0.05, 0) is 48.5 Å². The average molecular weight is 470 g/mol. The molecule has 2 aliphatic heterocycles. The van der Waals surface area contributed by atoms with Crippen LogP contribution in [0.2, 0.25) is 0 Å². The molecule has 0 aliphatic carbocycles. The minimum absolute atomic E-state index is 0.265. The maximum atomic E-state index is 12.5. The van der Waals surface area contributed by atoms with Crippen molar-refractivity contribution in [3.63, 3.8) is 0 Å². The van der Waals surface area contributed by atoms with Crippen molar-refractivity contribution in [3.05, 3.63) is 53.7 Å². The number of hydrogen-bond acceptors (Lipinski definition) is 6. The van der Waals surface area contributed by atoms with Crippen LogP contribution in [0.3, 0.4) is 0 Å². The smallest absolute Gasteiger partial charge is 0.294 e. The van der Waals surface area contributed by atoms with Crippen molar-refractivity contribution in [2.75, 3.05) is 44.8 Å². The minimum atomic E-state index is -4.38. The molecule has 172 valence electrons. The number of carbonyl (C=O) groups excluding carboxylic acids is 1. The monoisotopic (exact) mass is 469 g/mol. The van der Waals surface area contributed by atoms with Gasteiger partial charge in [0.1, 0.15) is 12.4 Å². The lowest BCUT2D eigenvalue weighted by Gasteiger charge is -2.26. The van der Waals surface area contributed by atoms with Gasteiger partial charge in [-0.15, -0.1) is 0 Å². The number of hydrogen-bond donors (Lipinski definition) is 3.